The van der Waals surface area contributed by atoms with Gasteiger partial charge >= 0.3 is 0 Å². The van der Waals surface area contributed by atoms with E-state index < -0.39 is 35.8 Å². The van der Waals surface area contributed by atoms with E-state index in [-0.39, 0.29) is 40.1 Å². The number of aliphatic imine (C=N–C) groups is 1. The number of piperidine rings is 1. The number of nitrogens with zero attached hydrogens (tertiary/aromatic N) is 3. The average molecular weight is 453 g/mol. The summed E-state index contributed by atoms with van der Waals surface area (Å²) in [4.78, 5) is 22.5. The van der Waals surface area contributed by atoms with Crippen molar-refractivity contribution in [1.82, 2.24) is 15.2 Å². The lowest BCUT2D eigenvalue weighted by Gasteiger charge is -2.37. The zero-order valence-corrected chi connectivity index (χ0v) is 17.4. The molecule has 2 heterocycles. The fourth-order valence-electron chi connectivity index (χ4n) is 3.43. The highest BCUT2D eigenvalue weighted by Gasteiger charge is 2.31. The Balaban J connectivity index is 1.83. The summed E-state index contributed by atoms with van der Waals surface area (Å²) in [5.74, 6) is -2.17. The second-order valence-electron chi connectivity index (χ2n) is 7.03. The minimum absolute atomic E-state index is 0.0378. The zero-order valence-electron chi connectivity index (χ0n) is 16.6. The van der Waals surface area contributed by atoms with Crippen molar-refractivity contribution in [2.24, 2.45) is 10.7 Å². The van der Waals surface area contributed by atoms with Gasteiger partial charge in [-0.1, -0.05) is 17.4 Å². The molecule has 1 aliphatic rings. The Morgan fingerprint density at radius 2 is 2.10 bits per heavy atom. The maximum atomic E-state index is 14.1. The van der Waals surface area contributed by atoms with E-state index >= 15 is 0 Å². The van der Waals surface area contributed by atoms with Crippen LogP contribution in [0.5, 0.6) is 0 Å². The molecule has 12 heteroatoms. The third kappa shape index (κ3) is 4.85. The van der Waals surface area contributed by atoms with Gasteiger partial charge in [-0.3, -0.25) is 9.79 Å². The average Bonchev–Trinajstić information content (AvgIpc) is 3.08. The molecular formula is C19H22F3N7OS. The van der Waals surface area contributed by atoms with Crippen LogP contribution in [-0.4, -0.2) is 66.2 Å². The Morgan fingerprint density at radius 1 is 1.42 bits per heavy atom. The number of halogens is 3. The lowest BCUT2D eigenvalue weighted by atomic mass is 10.0. The maximum absolute atomic E-state index is 14.1. The largest absolute Gasteiger partial charge is 0.389 e. The monoisotopic (exact) mass is 453 g/mol. The highest BCUT2D eigenvalue weighted by atomic mass is 32.1. The van der Waals surface area contributed by atoms with E-state index in [1.54, 1.807) is 4.90 Å². The van der Waals surface area contributed by atoms with Crippen LogP contribution in [0.1, 0.15) is 16.9 Å². The Bertz CT molecular complexity index is 982. The van der Waals surface area contributed by atoms with Gasteiger partial charge in [0.05, 0.1) is 12.1 Å². The molecule has 2 aromatic rings. The molecule has 0 spiro atoms. The van der Waals surface area contributed by atoms with Crippen molar-refractivity contribution in [3.63, 3.8) is 0 Å². The summed E-state index contributed by atoms with van der Waals surface area (Å²) in [6.45, 7) is 0.360. The molecular weight excluding hydrogens is 431 g/mol. The smallest absolute Gasteiger partial charge is 0.273 e. The van der Waals surface area contributed by atoms with Crippen LogP contribution in [0.25, 0.3) is 10.6 Å². The molecule has 0 bridgehead atoms. The number of thiazole rings is 1. The van der Waals surface area contributed by atoms with Crippen LogP contribution in [0, 0.1) is 17.0 Å². The number of anilines is 1. The van der Waals surface area contributed by atoms with Crippen LogP contribution in [0.2, 0.25) is 0 Å². The number of amides is 1. The summed E-state index contributed by atoms with van der Waals surface area (Å²) in [5.41, 5.74) is 11.1. The lowest BCUT2D eigenvalue weighted by Crippen LogP contribution is -2.56. The third-order valence-electron chi connectivity index (χ3n) is 4.76. The molecule has 0 aliphatic carbocycles. The Hall–Kier alpha value is -2.99. The molecule has 1 saturated heterocycles. The number of amidine groups is 1. The van der Waals surface area contributed by atoms with Crippen LogP contribution in [0.15, 0.2) is 23.2 Å². The number of hydrogen-bond donors (Lipinski definition) is 4. The fourth-order valence-corrected chi connectivity index (χ4v) is 4.31. The van der Waals surface area contributed by atoms with Gasteiger partial charge in [-0.05, 0) is 18.6 Å². The van der Waals surface area contributed by atoms with E-state index in [1.165, 1.54) is 13.1 Å². The topological polar surface area (TPSA) is 133 Å². The Labute approximate surface area is 180 Å². The number of nitrogens with one attached hydrogen (secondary N) is 2. The zero-order chi connectivity index (χ0) is 22.7. The van der Waals surface area contributed by atoms with Crippen molar-refractivity contribution in [2.45, 2.75) is 24.7 Å². The van der Waals surface area contributed by atoms with Gasteiger partial charge in [0, 0.05) is 25.8 Å². The van der Waals surface area contributed by atoms with Gasteiger partial charge < -0.3 is 27.1 Å². The molecule has 0 radical (unpaired) electrons. The second kappa shape index (κ2) is 9.43. The first-order chi connectivity index (χ1) is 14.7. The van der Waals surface area contributed by atoms with Gasteiger partial charge in [-0.25, -0.2) is 18.2 Å². The highest BCUT2D eigenvalue weighted by Crippen LogP contribution is 2.33. The van der Waals surface area contributed by atoms with E-state index in [9.17, 15) is 18.0 Å². The van der Waals surface area contributed by atoms with E-state index in [0.29, 0.717) is 6.54 Å². The number of benzene rings is 1. The molecule has 1 aromatic heterocycles. The summed E-state index contributed by atoms with van der Waals surface area (Å²) in [6.07, 6.45) is 0.00276. The van der Waals surface area contributed by atoms with Crippen molar-refractivity contribution >= 4 is 34.3 Å². The third-order valence-corrected chi connectivity index (χ3v) is 5.66. The molecule has 1 amide bonds. The number of nitrogen functional groups attached to an aromatic ring is 1. The molecule has 6 N–H and O–H groups in total. The first-order valence-electron chi connectivity index (χ1n) is 9.38. The molecule has 166 valence electrons. The van der Waals surface area contributed by atoms with Crippen LogP contribution in [0.4, 0.5) is 18.2 Å². The van der Waals surface area contributed by atoms with Crippen molar-refractivity contribution < 1.29 is 18.0 Å². The van der Waals surface area contributed by atoms with Gasteiger partial charge in [-0.15, -0.1) is 0 Å². The minimum Gasteiger partial charge on any atom is -0.389 e. The molecule has 1 aromatic carbocycles. The maximum Gasteiger partial charge on any atom is 0.273 e. The number of nitrogens with two attached hydrogens (primary N) is 2. The summed E-state index contributed by atoms with van der Waals surface area (Å²) in [5, 5.41) is 10.1. The fraction of sp³-hybridized carbons (Fsp3) is 0.368. The molecule has 1 aliphatic heterocycles. The van der Waals surface area contributed by atoms with Crippen molar-refractivity contribution in [1.29, 1.82) is 5.41 Å². The highest BCUT2D eigenvalue weighted by molar-refractivity contribution is 7.19. The van der Waals surface area contributed by atoms with Gasteiger partial charge in [0.15, 0.2) is 5.69 Å². The lowest BCUT2D eigenvalue weighted by molar-refractivity contribution is 0.0948. The van der Waals surface area contributed by atoms with Gasteiger partial charge in [0.25, 0.3) is 5.91 Å². The van der Waals surface area contributed by atoms with Crippen LogP contribution < -0.4 is 16.8 Å². The predicted molar refractivity (Wildman–Crippen MR) is 114 cm³/mol. The molecule has 3 atom stereocenters. The molecule has 3 rings (SSSR count). The summed E-state index contributed by atoms with van der Waals surface area (Å²) in [6, 6.07) is 1.96. The number of rotatable bonds is 5. The summed E-state index contributed by atoms with van der Waals surface area (Å²) >= 11 is 0.764. The minimum atomic E-state index is -1.16. The number of alkyl halides is 1. The Kier molecular flexibility index (Phi) is 6.91. The molecule has 0 saturated carbocycles. The van der Waals surface area contributed by atoms with E-state index in [2.05, 4.69) is 15.3 Å². The second-order valence-corrected chi connectivity index (χ2v) is 8.06. The van der Waals surface area contributed by atoms with Crippen LogP contribution >= 0.6 is 11.3 Å². The molecule has 1 unspecified atom stereocenters. The van der Waals surface area contributed by atoms with E-state index in [1.807, 2.05) is 0 Å². The number of carbonyl (C=O) groups is 1. The number of hydrogen-bond acceptors (Lipinski definition) is 7. The number of likely N-dealkylation sites (tertiary alicyclic amines) is 1. The van der Waals surface area contributed by atoms with Gasteiger partial charge in [0.1, 0.15) is 39.7 Å². The molecule has 8 nitrogen and oxygen atoms in total. The molecule has 1 fully saturated rings. The predicted octanol–water partition coefficient (Wildman–Crippen LogP) is 1.82. The van der Waals surface area contributed by atoms with Crippen molar-refractivity contribution in [3.05, 3.63) is 35.5 Å². The van der Waals surface area contributed by atoms with Crippen molar-refractivity contribution in [3.8, 4) is 10.6 Å². The van der Waals surface area contributed by atoms with Gasteiger partial charge in [-0.2, -0.15) is 0 Å². The first kappa shape index (κ1) is 22.7. The summed E-state index contributed by atoms with van der Waals surface area (Å²) in [7, 11) is 1.46. The van der Waals surface area contributed by atoms with E-state index in [0.717, 1.165) is 29.7 Å². The summed E-state index contributed by atoms with van der Waals surface area (Å²) < 4.78 is 42.1. The normalized spacial score (nSPS) is 20.4. The van der Waals surface area contributed by atoms with Crippen LogP contribution in [-0.2, 0) is 0 Å². The van der Waals surface area contributed by atoms with Gasteiger partial charge in [0.2, 0.25) is 0 Å². The number of carbonyl (C=O) groups excluding carboxylic acids is 1. The SMILES string of the molecule is CN=C(C(C=N)NC(=O)c1nc(-c2c(F)cccc2F)sc1N)N1C[C@@H](N)C[C@H](F)C1. The standard InChI is InChI=1S/C19H22F3N7OS/c1-26-17(29-7-9(20)5-10(24)8-29)13(6-23)27-18(30)15-16(25)31-19(28-15)14-11(21)3-2-4-12(14)22/h2-4,6,9-10,13,23H,5,7-8,24-25H2,1H3,(H,27,30)/t9-,10-,13?/m0/s1. The quantitative estimate of drug-likeness (QED) is 0.405. The van der Waals surface area contributed by atoms with Crippen molar-refractivity contribution in [2.75, 3.05) is 25.9 Å². The van der Waals surface area contributed by atoms with Crippen LogP contribution in [0.3, 0.4) is 0 Å². The first-order valence-corrected chi connectivity index (χ1v) is 10.2. The Morgan fingerprint density at radius 3 is 2.68 bits per heavy atom. The van der Waals surface area contributed by atoms with E-state index in [4.69, 9.17) is 16.9 Å². The molecule has 31 heavy (non-hydrogen) atoms. The number of aromatic nitrogens is 1.